The maximum atomic E-state index is 14.4. The van der Waals surface area contributed by atoms with Gasteiger partial charge in [-0.1, -0.05) is 78.1 Å². The molecule has 3 unspecified atom stereocenters. The Hall–Kier alpha value is -5.01. The van der Waals surface area contributed by atoms with Crippen LogP contribution in [0.25, 0.3) is 0 Å². The van der Waals surface area contributed by atoms with E-state index in [9.17, 15) is 48.3 Å². The Balaban J connectivity index is 1.35. The molecule has 2 aliphatic rings. The summed E-state index contributed by atoms with van der Waals surface area (Å²) in [7, 11) is 3.70. The number of carbonyl (C=O) groups excluding carboxylic acids is 8. The van der Waals surface area contributed by atoms with Crippen molar-refractivity contribution in [2.75, 3.05) is 40.0 Å². The second-order valence-corrected chi connectivity index (χ2v) is 22.0. The van der Waals surface area contributed by atoms with E-state index in [1.54, 1.807) is 36.4 Å². The van der Waals surface area contributed by atoms with Crippen LogP contribution < -0.4 is 10.6 Å². The Morgan fingerprint density at radius 3 is 2.29 bits per heavy atom. The molecule has 19 heteroatoms. The van der Waals surface area contributed by atoms with Gasteiger partial charge in [0, 0.05) is 76.0 Å². The first-order valence-corrected chi connectivity index (χ1v) is 27.7. The van der Waals surface area contributed by atoms with Crippen molar-refractivity contribution in [3.05, 3.63) is 51.5 Å². The third kappa shape index (κ3) is 17.9. The van der Waals surface area contributed by atoms with E-state index in [1.807, 2.05) is 53.1 Å². The van der Waals surface area contributed by atoms with Crippen LogP contribution in [0.5, 0.6) is 0 Å². The number of carbonyl (C=O) groups is 9. The van der Waals surface area contributed by atoms with Crippen LogP contribution >= 0.6 is 23.1 Å². The van der Waals surface area contributed by atoms with E-state index in [4.69, 9.17) is 4.74 Å². The number of ketones is 2. The first kappa shape index (κ1) is 59.6. The Labute approximate surface area is 433 Å². The minimum absolute atomic E-state index is 0.0430. The Morgan fingerprint density at radius 2 is 1.68 bits per heavy atom. The molecule has 2 aliphatic heterocycles. The number of unbranched alkanes of at least 4 members (excludes halogenated alkanes) is 2. The highest BCUT2D eigenvalue weighted by atomic mass is 32.2. The quantitative estimate of drug-likeness (QED) is 0.0434. The maximum Gasteiger partial charge on any atom is 0.306 e. The molecule has 2 fully saturated rings. The summed E-state index contributed by atoms with van der Waals surface area (Å²) in [6, 6.07) is 5.96. The predicted octanol–water partition coefficient (Wildman–Crippen LogP) is 6.46. The number of hydrogen-bond donors (Lipinski definition) is 3. The van der Waals surface area contributed by atoms with Gasteiger partial charge in [0.15, 0.2) is 17.7 Å². The molecule has 5 amide bonds. The monoisotopic (exact) mass is 1040 g/mol. The van der Waals surface area contributed by atoms with Crippen molar-refractivity contribution in [3.63, 3.8) is 0 Å². The number of ether oxygens (including phenoxy) is 1. The van der Waals surface area contributed by atoms with Crippen molar-refractivity contribution < 1.29 is 53.0 Å². The molecule has 1 aromatic carbocycles. The second-order valence-electron chi connectivity index (χ2n) is 20.1. The zero-order valence-corrected chi connectivity index (χ0v) is 45.4. The molecule has 398 valence electrons. The number of hydrogen-bond acceptors (Lipinski definition) is 14. The number of nitrogens with zero attached hydrogens (tertiary/aromatic N) is 4. The highest BCUT2D eigenvalue weighted by Crippen LogP contribution is 2.33. The number of likely N-dealkylation sites (tertiary alicyclic amines) is 2. The van der Waals surface area contributed by atoms with Gasteiger partial charge in [-0.25, -0.2) is 4.98 Å². The van der Waals surface area contributed by atoms with Gasteiger partial charge in [-0.2, -0.15) is 11.8 Å². The summed E-state index contributed by atoms with van der Waals surface area (Å²) in [6.45, 7) is 11.9. The lowest BCUT2D eigenvalue weighted by Gasteiger charge is -2.37. The molecule has 4 rings (SSSR count). The van der Waals surface area contributed by atoms with Crippen LogP contribution in [0.2, 0.25) is 0 Å². The molecular formula is C53H78N6O11S2. The van der Waals surface area contributed by atoms with E-state index >= 15 is 0 Å². The van der Waals surface area contributed by atoms with Gasteiger partial charge in [-0.15, -0.1) is 11.3 Å². The van der Waals surface area contributed by atoms with Crippen molar-refractivity contribution in [3.8, 4) is 0 Å². The first-order chi connectivity index (χ1) is 34.1. The van der Waals surface area contributed by atoms with E-state index in [2.05, 4.69) is 20.5 Å². The average Bonchev–Trinajstić information content (AvgIpc) is 3.94. The van der Waals surface area contributed by atoms with Gasteiger partial charge in [0.05, 0.1) is 23.8 Å². The highest BCUT2D eigenvalue weighted by molar-refractivity contribution is 8.00. The number of imide groups is 1. The van der Waals surface area contributed by atoms with E-state index in [1.165, 1.54) is 23.6 Å². The maximum absolute atomic E-state index is 14.4. The minimum Gasteiger partial charge on any atom is -0.481 e. The number of thioether (sulfide) groups is 1. The SMILES string of the molecule is CC[C@H](C)C(CC(=O)[C@H]1CCCCN1C)C(=O)N(C)[C@H](C[C@@H](OC(C)=O)c1nc(C(=O)N[C@@H](Cc2ccc(CC(=O)CNC(=O)CCCCCN3C(=O)CC(SC)C3=O)cc2)CC(C)C(=O)O)cs1)C(C)C. The van der Waals surface area contributed by atoms with Crippen molar-refractivity contribution in [2.24, 2.45) is 23.7 Å². The van der Waals surface area contributed by atoms with Crippen LogP contribution in [0.1, 0.15) is 151 Å². The number of amides is 5. The third-order valence-electron chi connectivity index (χ3n) is 14.2. The average molecular weight is 1040 g/mol. The number of aliphatic carboxylic acids is 1. The molecule has 3 N–H and O–H groups in total. The van der Waals surface area contributed by atoms with Crippen LogP contribution in [-0.2, 0) is 55.9 Å². The Kier molecular flexibility index (Phi) is 24.0. The second kappa shape index (κ2) is 29.0. The number of nitrogens with one attached hydrogen (secondary N) is 2. The summed E-state index contributed by atoms with van der Waals surface area (Å²) in [5, 5.41) is 17.0. The summed E-state index contributed by atoms with van der Waals surface area (Å²) >= 11 is 2.52. The van der Waals surface area contributed by atoms with Crippen molar-refractivity contribution in [2.45, 2.75) is 161 Å². The number of carboxylic acids is 1. The molecule has 0 spiro atoms. The molecule has 2 aromatic rings. The van der Waals surface area contributed by atoms with Crippen LogP contribution in [0.4, 0.5) is 0 Å². The molecule has 0 saturated carbocycles. The van der Waals surface area contributed by atoms with E-state index in [-0.39, 0.29) is 116 Å². The number of likely N-dealkylation sites (N-methyl/N-ethyl adjacent to an activating group) is 1. The number of esters is 1. The van der Waals surface area contributed by atoms with Crippen molar-refractivity contribution >= 4 is 76.1 Å². The van der Waals surface area contributed by atoms with Gasteiger partial charge in [0.2, 0.25) is 23.6 Å². The Morgan fingerprint density at radius 1 is 0.986 bits per heavy atom. The lowest BCUT2D eigenvalue weighted by atomic mass is 9.83. The van der Waals surface area contributed by atoms with Gasteiger partial charge in [0.25, 0.3) is 5.91 Å². The van der Waals surface area contributed by atoms with Crippen LogP contribution in [0.15, 0.2) is 29.6 Å². The highest BCUT2D eigenvalue weighted by Gasteiger charge is 2.39. The molecule has 72 heavy (non-hydrogen) atoms. The molecule has 0 radical (unpaired) electrons. The van der Waals surface area contributed by atoms with Crippen LogP contribution in [0, 0.1) is 23.7 Å². The van der Waals surface area contributed by atoms with Gasteiger partial charge in [-0.3, -0.25) is 53.0 Å². The fraction of sp³-hybridized carbons (Fsp3) is 0.660. The largest absolute Gasteiger partial charge is 0.481 e. The summed E-state index contributed by atoms with van der Waals surface area (Å²) < 4.78 is 5.82. The predicted molar refractivity (Wildman–Crippen MR) is 277 cm³/mol. The molecule has 0 aliphatic carbocycles. The first-order valence-electron chi connectivity index (χ1n) is 25.5. The topological polar surface area (TPSA) is 230 Å². The van der Waals surface area contributed by atoms with Crippen LogP contribution in [-0.4, -0.2) is 141 Å². The van der Waals surface area contributed by atoms with Crippen molar-refractivity contribution in [1.82, 2.24) is 30.3 Å². The summed E-state index contributed by atoms with van der Waals surface area (Å²) in [4.78, 5) is 126. The van der Waals surface area contributed by atoms with Gasteiger partial charge in [-0.05, 0) is 81.3 Å². The number of Topliss-reactive ketones (excluding diaryl/α,β-unsaturated/α-hetero) is 2. The summed E-state index contributed by atoms with van der Waals surface area (Å²) in [6.07, 6.45) is 7.54. The minimum atomic E-state index is -1.02. The zero-order chi connectivity index (χ0) is 53.2. The number of thiazole rings is 1. The fourth-order valence-corrected chi connectivity index (χ4v) is 11.0. The van der Waals surface area contributed by atoms with Gasteiger partial charge in [0.1, 0.15) is 10.7 Å². The zero-order valence-electron chi connectivity index (χ0n) is 43.7. The molecule has 0 bridgehead atoms. The molecule has 1 aromatic heterocycles. The van der Waals surface area contributed by atoms with E-state index in [0.29, 0.717) is 36.4 Å². The molecule has 8 atom stereocenters. The lowest BCUT2D eigenvalue weighted by molar-refractivity contribution is -0.150. The summed E-state index contributed by atoms with van der Waals surface area (Å²) in [5.74, 6) is -4.36. The van der Waals surface area contributed by atoms with Gasteiger partial charge >= 0.3 is 11.9 Å². The van der Waals surface area contributed by atoms with Gasteiger partial charge < -0.3 is 25.4 Å². The molecule has 17 nitrogen and oxygen atoms in total. The van der Waals surface area contributed by atoms with E-state index < -0.39 is 47.9 Å². The number of aromatic nitrogens is 1. The molecule has 3 heterocycles. The third-order valence-corrected chi connectivity index (χ3v) is 16.1. The fourth-order valence-electron chi connectivity index (χ4n) is 9.55. The number of rotatable bonds is 30. The molecular weight excluding hydrogens is 961 g/mol. The standard InChI is InChI=1S/C53H78N6O11S2/c1-10-33(4)40(27-44(62)42-16-13-15-22-57(42)7)51(66)58(8)43(32(2)3)28-45(70-35(6)60)50-56-41(31-72-50)49(65)55-38(24-34(5)53(68)69)25-36-18-20-37(21-19-36)26-39(61)30-54-47(63)17-12-11-14-23-59-48(64)29-46(71-9)52(59)67/h18-21,31-34,38,40,42-43,45-46H,10-17,22-30H2,1-9H3,(H,54,63)(H,55,65)(H,68,69)/t33-,34?,38+,40?,42+,43+,45+,46?/m0/s1. The number of piperidine rings is 1. The normalized spacial score (nSPS) is 18.7. The van der Waals surface area contributed by atoms with E-state index in [0.717, 1.165) is 49.1 Å². The smallest absolute Gasteiger partial charge is 0.306 e. The Bertz CT molecular complexity index is 2200. The van der Waals surface area contributed by atoms with Crippen molar-refractivity contribution in [1.29, 1.82) is 0 Å². The lowest BCUT2D eigenvalue weighted by Crippen LogP contribution is -2.48. The molecule has 2 saturated heterocycles. The van der Waals surface area contributed by atoms with Crippen LogP contribution in [0.3, 0.4) is 0 Å². The number of carboxylic acid groups (broad SMARTS) is 1. The summed E-state index contributed by atoms with van der Waals surface area (Å²) in [5.41, 5.74) is 1.57. The number of benzene rings is 1.